The summed E-state index contributed by atoms with van der Waals surface area (Å²) in [5.41, 5.74) is 0.0927. The van der Waals surface area contributed by atoms with Gasteiger partial charge in [-0.2, -0.15) is 0 Å². The molecule has 13 heavy (non-hydrogen) atoms. The van der Waals surface area contributed by atoms with Crippen LogP contribution in [-0.2, 0) is 4.74 Å². The van der Waals surface area contributed by atoms with Gasteiger partial charge in [-0.3, -0.25) is 0 Å². The van der Waals surface area contributed by atoms with Gasteiger partial charge in [-0.05, 0) is 35.0 Å². The molecule has 0 bridgehead atoms. The summed E-state index contributed by atoms with van der Waals surface area (Å²) in [6.07, 6.45) is 0. The number of rotatable bonds is 2. The second-order valence-corrected chi connectivity index (χ2v) is 2.94. The summed E-state index contributed by atoms with van der Waals surface area (Å²) in [4.78, 5) is 14.7. The van der Waals surface area contributed by atoms with E-state index in [1.807, 2.05) is 0 Å². The number of halogens is 2. The molecule has 3 nitrogen and oxygen atoms in total. The van der Waals surface area contributed by atoms with Crippen LogP contribution in [-0.4, -0.2) is 17.6 Å². The van der Waals surface area contributed by atoms with Crippen molar-refractivity contribution in [1.29, 1.82) is 0 Å². The van der Waals surface area contributed by atoms with Gasteiger partial charge in [0, 0.05) is 0 Å². The Hall–Kier alpha value is -0.970. The molecule has 5 heteroatoms. The summed E-state index contributed by atoms with van der Waals surface area (Å²) in [7, 11) is 0. The molecule has 0 atom stereocenters. The fraction of sp³-hybridized carbons (Fsp3) is 0.250. The molecule has 0 saturated heterocycles. The lowest BCUT2D eigenvalue weighted by Crippen LogP contribution is -2.07. The highest BCUT2D eigenvalue weighted by molar-refractivity contribution is 9.10. The quantitative estimate of drug-likeness (QED) is 0.594. The average Bonchev–Trinajstić information content (AvgIpc) is 2.10. The Balaban J connectivity index is 2.90. The Morgan fingerprint density at radius 3 is 2.92 bits per heavy atom. The van der Waals surface area contributed by atoms with Crippen LogP contribution < -0.4 is 0 Å². The largest absolute Gasteiger partial charge is 0.461 e. The molecule has 0 fully saturated rings. The second-order valence-electron chi connectivity index (χ2n) is 2.19. The normalized spacial score (nSPS) is 9.77. The van der Waals surface area contributed by atoms with Crippen LogP contribution in [0.1, 0.15) is 17.4 Å². The summed E-state index contributed by atoms with van der Waals surface area (Å²) in [5, 5.41) is 0. The van der Waals surface area contributed by atoms with Crippen molar-refractivity contribution in [3.05, 3.63) is 28.2 Å². The fourth-order valence-corrected chi connectivity index (χ4v) is 1.06. The lowest BCUT2D eigenvalue weighted by molar-refractivity contribution is 0.0519. The first-order chi connectivity index (χ1) is 6.15. The molecule has 0 aliphatic carbocycles. The van der Waals surface area contributed by atoms with E-state index >= 15 is 0 Å². The Morgan fingerprint density at radius 2 is 2.38 bits per heavy atom. The number of ether oxygens (including phenoxy) is 1. The maximum atomic E-state index is 12.7. The zero-order valence-corrected chi connectivity index (χ0v) is 8.47. The van der Waals surface area contributed by atoms with Gasteiger partial charge in [-0.1, -0.05) is 0 Å². The summed E-state index contributed by atoms with van der Waals surface area (Å²) >= 11 is 2.87. The van der Waals surface area contributed by atoms with Gasteiger partial charge in [0.05, 0.1) is 6.61 Å². The number of pyridine rings is 1. The molecule has 1 heterocycles. The van der Waals surface area contributed by atoms with E-state index in [-0.39, 0.29) is 16.9 Å². The number of aromatic nitrogens is 1. The predicted octanol–water partition coefficient (Wildman–Crippen LogP) is 2.16. The highest BCUT2D eigenvalue weighted by Gasteiger charge is 2.10. The molecule has 0 unspecified atom stereocenters. The van der Waals surface area contributed by atoms with E-state index in [1.165, 1.54) is 6.07 Å². The number of carbonyl (C=O) groups excluding carboxylic acids is 1. The molecular formula is C8H7BrFNO2. The standard InChI is InChI=1S/C8H7BrFNO2/c1-2-13-8(12)6-4-3-5(10)7(9)11-6/h3-4H,2H2,1H3. The van der Waals surface area contributed by atoms with Crippen LogP contribution >= 0.6 is 15.9 Å². The molecule has 0 aromatic carbocycles. The first kappa shape index (κ1) is 10.1. The van der Waals surface area contributed by atoms with Crippen molar-refractivity contribution < 1.29 is 13.9 Å². The summed E-state index contributed by atoms with van der Waals surface area (Å²) in [6.45, 7) is 1.96. The lowest BCUT2D eigenvalue weighted by atomic mass is 10.3. The average molecular weight is 248 g/mol. The zero-order valence-electron chi connectivity index (χ0n) is 6.88. The van der Waals surface area contributed by atoms with Crippen molar-refractivity contribution in [2.45, 2.75) is 6.92 Å². The Morgan fingerprint density at radius 1 is 1.69 bits per heavy atom. The summed E-state index contributed by atoms with van der Waals surface area (Å²) in [5.74, 6) is -1.06. The smallest absolute Gasteiger partial charge is 0.356 e. The summed E-state index contributed by atoms with van der Waals surface area (Å²) < 4.78 is 17.4. The van der Waals surface area contributed by atoms with Gasteiger partial charge in [0.15, 0.2) is 5.82 Å². The van der Waals surface area contributed by atoms with E-state index in [1.54, 1.807) is 6.92 Å². The van der Waals surface area contributed by atoms with Crippen molar-refractivity contribution in [2.24, 2.45) is 0 Å². The van der Waals surface area contributed by atoms with Gasteiger partial charge >= 0.3 is 5.97 Å². The Bertz CT molecular complexity index is 330. The van der Waals surface area contributed by atoms with Crippen molar-refractivity contribution in [3.63, 3.8) is 0 Å². The third kappa shape index (κ3) is 2.48. The molecule has 0 radical (unpaired) electrons. The number of hydrogen-bond donors (Lipinski definition) is 0. The van der Waals surface area contributed by atoms with E-state index in [0.29, 0.717) is 0 Å². The third-order valence-electron chi connectivity index (χ3n) is 1.29. The van der Waals surface area contributed by atoms with Gasteiger partial charge in [0.1, 0.15) is 10.3 Å². The van der Waals surface area contributed by atoms with Gasteiger partial charge in [0.2, 0.25) is 0 Å². The Labute approximate surface area is 83.1 Å². The van der Waals surface area contributed by atoms with E-state index < -0.39 is 11.8 Å². The van der Waals surface area contributed by atoms with Crippen LogP contribution in [0.5, 0.6) is 0 Å². The minimum atomic E-state index is -0.553. The number of hydrogen-bond acceptors (Lipinski definition) is 3. The van der Waals surface area contributed by atoms with Gasteiger partial charge < -0.3 is 4.74 Å². The van der Waals surface area contributed by atoms with Gasteiger partial charge in [-0.15, -0.1) is 0 Å². The van der Waals surface area contributed by atoms with E-state index in [0.717, 1.165) is 6.07 Å². The molecule has 0 aliphatic heterocycles. The van der Waals surface area contributed by atoms with Crippen LogP contribution in [0.4, 0.5) is 4.39 Å². The molecule has 1 rings (SSSR count). The van der Waals surface area contributed by atoms with E-state index in [4.69, 9.17) is 0 Å². The maximum Gasteiger partial charge on any atom is 0.356 e. The number of nitrogens with zero attached hydrogens (tertiary/aromatic N) is 1. The summed E-state index contributed by atoms with van der Waals surface area (Å²) in [6, 6.07) is 2.43. The minimum absolute atomic E-state index is 0.0121. The first-order valence-corrected chi connectivity index (χ1v) is 4.43. The highest BCUT2D eigenvalue weighted by atomic mass is 79.9. The van der Waals surface area contributed by atoms with Crippen molar-refractivity contribution in [1.82, 2.24) is 4.98 Å². The molecule has 0 amide bonds. The second kappa shape index (κ2) is 4.32. The van der Waals surface area contributed by atoms with Crippen LogP contribution in [0.3, 0.4) is 0 Å². The molecular weight excluding hydrogens is 241 g/mol. The van der Waals surface area contributed by atoms with E-state index in [9.17, 15) is 9.18 Å². The molecule has 1 aromatic rings. The molecule has 70 valence electrons. The number of carbonyl (C=O) groups is 1. The SMILES string of the molecule is CCOC(=O)c1ccc(F)c(Br)n1. The van der Waals surface area contributed by atoms with E-state index in [2.05, 4.69) is 25.7 Å². The lowest BCUT2D eigenvalue weighted by Gasteiger charge is -2.00. The monoisotopic (exact) mass is 247 g/mol. The van der Waals surface area contributed by atoms with Gasteiger partial charge in [-0.25, -0.2) is 14.2 Å². The third-order valence-corrected chi connectivity index (χ3v) is 1.84. The van der Waals surface area contributed by atoms with Gasteiger partial charge in [0.25, 0.3) is 0 Å². The fourth-order valence-electron chi connectivity index (χ4n) is 0.736. The molecule has 0 spiro atoms. The molecule has 0 aliphatic rings. The molecule has 0 saturated carbocycles. The minimum Gasteiger partial charge on any atom is -0.461 e. The Kier molecular flexibility index (Phi) is 3.36. The van der Waals surface area contributed by atoms with Crippen LogP contribution in [0.15, 0.2) is 16.7 Å². The van der Waals surface area contributed by atoms with Crippen LogP contribution in [0.25, 0.3) is 0 Å². The zero-order chi connectivity index (χ0) is 9.84. The maximum absolute atomic E-state index is 12.7. The number of esters is 1. The van der Waals surface area contributed by atoms with Crippen LogP contribution in [0.2, 0.25) is 0 Å². The molecule has 1 aromatic heterocycles. The van der Waals surface area contributed by atoms with Crippen molar-refractivity contribution in [2.75, 3.05) is 6.61 Å². The van der Waals surface area contributed by atoms with Crippen molar-refractivity contribution >= 4 is 21.9 Å². The first-order valence-electron chi connectivity index (χ1n) is 3.64. The highest BCUT2D eigenvalue weighted by Crippen LogP contribution is 2.12. The topological polar surface area (TPSA) is 39.2 Å². The van der Waals surface area contributed by atoms with Crippen LogP contribution in [0, 0.1) is 5.82 Å². The predicted molar refractivity (Wildman–Crippen MR) is 47.9 cm³/mol. The molecule has 0 N–H and O–H groups in total. The van der Waals surface area contributed by atoms with Crippen molar-refractivity contribution in [3.8, 4) is 0 Å².